The third kappa shape index (κ3) is 4.32. The van der Waals surface area contributed by atoms with Crippen molar-refractivity contribution >= 4 is 16.7 Å². The molecule has 3 heteroatoms. The molecule has 1 atom stereocenters. The maximum absolute atomic E-state index is 13.4. The van der Waals surface area contributed by atoms with E-state index in [0.29, 0.717) is 5.92 Å². The lowest BCUT2D eigenvalue weighted by atomic mass is 9.93. The molecule has 0 aliphatic heterocycles. The topological polar surface area (TPSA) is 34.9 Å². The predicted molar refractivity (Wildman–Crippen MR) is 143 cm³/mol. The van der Waals surface area contributed by atoms with E-state index in [-0.39, 0.29) is 11.7 Å². The fourth-order valence-corrected chi connectivity index (χ4v) is 4.71. The molecule has 0 fully saturated rings. The number of ketones is 1. The van der Waals surface area contributed by atoms with Gasteiger partial charge >= 0.3 is 0 Å². The summed E-state index contributed by atoms with van der Waals surface area (Å²) in [6, 6.07) is 17.3. The highest BCUT2D eigenvalue weighted by atomic mass is 16.1. The van der Waals surface area contributed by atoms with Crippen LogP contribution in [0.2, 0.25) is 0 Å². The summed E-state index contributed by atoms with van der Waals surface area (Å²) >= 11 is 0. The molecule has 0 amide bonds. The van der Waals surface area contributed by atoms with Crippen LogP contribution in [0.15, 0.2) is 60.9 Å². The Morgan fingerprint density at radius 2 is 1.59 bits per heavy atom. The van der Waals surface area contributed by atoms with E-state index < -0.39 is 0 Å². The number of nitrogens with zero attached hydrogens (tertiary/aromatic N) is 2. The monoisotopic (exact) mass is 452 g/mol. The Morgan fingerprint density at radius 3 is 2.15 bits per heavy atom. The van der Waals surface area contributed by atoms with Crippen molar-refractivity contribution < 1.29 is 4.79 Å². The summed E-state index contributed by atoms with van der Waals surface area (Å²) in [6.07, 6.45) is 6.68. The Hall–Kier alpha value is -3.20. The molecule has 34 heavy (non-hydrogen) atoms. The molecular weight excluding hydrogens is 416 g/mol. The van der Waals surface area contributed by atoms with E-state index in [9.17, 15) is 4.79 Å². The van der Waals surface area contributed by atoms with E-state index in [2.05, 4.69) is 87.7 Å². The second-order valence-electron chi connectivity index (χ2n) is 9.58. The largest absolute Gasteiger partial charge is 0.314 e. The lowest BCUT2D eigenvalue weighted by molar-refractivity contribution is 0.0929. The van der Waals surface area contributed by atoms with Crippen LogP contribution in [0.3, 0.4) is 0 Å². The van der Waals surface area contributed by atoms with Gasteiger partial charge in [0.1, 0.15) is 0 Å². The van der Waals surface area contributed by atoms with Gasteiger partial charge in [0, 0.05) is 34.3 Å². The first kappa shape index (κ1) is 23.9. The summed E-state index contributed by atoms with van der Waals surface area (Å²) in [4.78, 5) is 18.4. The lowest BCUT2D eigenvalue weighted by Crippen LogP contribution is -2.09. The Balaban J connectivity index is 1.95. The zero-order chi connectivity index (χ0) is 24.4. The molecule has 0 aliphatic rings. The average Bonchev–Trinajstić information content (AvgIpc) is 3.25. The van der Waals surface area contributed by atoms with Crippen molar-refractivity contribution in [3.05, 3.63) is 83.2 Å². The number of hydrogen-bond acceptors (Lipinski definition) is 2. The highest BCUT2D eigenvalue weighted by molar-refractivity contribution is 6.10. The van der Waals surface area contributed by atoms with Gasteiger partial charge in [0.15, 0.2) is 5.78 Å². The SMILES string of the molecule is CCc1cccc(CC)c1-c1cc2c(C(=O)C(C)CC)cn(-c3ccc(C(C)C)cc3)c2cn1. The van der Waals surface area contributed by atoms with Crippen molar-refractivity contribution in [3.63, 3.8) is 0 Å². The van der Waals surface area contributed by atoms with Crippen LogP contribution >= 0.6 is 0 Å². The maximum atomic E-state index is 13.4. The first-order chi connectivity index (χ1) is 16.4. The molecule has 0 aliphatic carbocycles. The number of carbonyl (C=O) groups excluding carboxylic acids is 1. The predicted octanol–water partition coefficient (Wildman–Crippen LogP) is 8.17. The van der Waals surface area contributed by atoms with Gasteiger partial charge in [-0.3, -0.25) is 9.78 Å². The minimum absolute atomic E-state index is 0.0203. The van der Waals surface area contributed by atoms with Gasteiger partial charge in [0.25, 0.3) is 0 Å². The summed E-state index contributed by atoms with van der Waals surface area (Å²) in [5, 5.41) is 0.983. The van der Waals surface area contributed by atoms with Crippen molar-refractivity contribution in [1.82, 2.24) is 9.55 Å². The van der Waals surface area contributed by atoms with Crippen LogP contribution in [-0.2, 0) is 12.8 Å². The van der Waals surface area contributed by atoms with Crippen LogP contribution in [0.5, 0.6) is 0 Å². The highest BCUT2D eigenvalue weighted by Gasteiger charge is 2.22. The second kappa shape index (κ2) is 9.97. The van der Waals surface area contributed by atoms with Gasteiger partial charge in [0.2, 0.25) is 0 Å². The fraction of sp³-hybridized carbons (Fsp3) is 0.355. The number of aromatic nitrogens is 2. The number of aryl methyl sites for hydroxylation is 2. The first-order valence-corrected chi connectivity index (χ1v) is 12.7. The third-order valence-electron chi connectivity index (χ3n) is 7.11. The molecule has 2 heterocycles. The molecule has 2 aromatic carbocycles. The molecule has 0 saturated heterocycles. The smallest absolute Gasteiger partial charge is 0.167 e. The van der Waals surface area contributed by atoms with Crippen LogP contribution in [0.25, 0.3) is 27.8 Å². The van der Waals surface area contributed by atoms with E-state index in [0.717, 1.165) is 47.1 Å². The number of hydrogen-bond donors (Lipinski definition) is 0. The molecule has 3 nitrogen and oxygen atoms in total. The van der Waals surface area contributed by atoms with Crippen molar-refractivity contribution in [2.45, 2.75) is 66.7 Å². The van der Waals surface area contributed by atoms with Gasteiger partial charge in [-0.25, -0.2) is 0 Å². The Morgan fingerprint density at radius 1 is 0.941 bits per heavy atom. The molecule has 176 valence electrons. The van der Waals surface area contributed by atoms with Gasteiger partial charge in [-0.1, -0.05) is 71.9 Å². The number of carbonyl (C=O) groups is 1. The number of rotatable bonds is 8. The zero-order valence-corrected chi connectivity index (χ0v) is 21.4. The molecule has 0 bridgehead atoms. The van der Waals surface area contributed by atoms with Crippen molar-refractivity contribution in [2.75, 3.05) is 0 Å². The summed E-state index contributed by atoms with van der Waals surface area (Å²) in [5.41, 5.74) is 8.87. The van der Waals surface area contributed by atoms with Crippen molar-refractivity contribution in [3.8, 4) is 16.9 Å². The van der Waals surface area contributed by atoms with Gasteiger partial charge in [0.05, 0.1) is 17.4 Å². The van der Waals surface area contributed by atoms with E-state index in [4.69, 9.17) is 4.98 Å². The number of fused-ring (bicyclic) bond motifs is 1. The average molecular weight is 453 g/mol. The Bertz CT molecular complexity index is 1290. The molecule has 2 aromatic heterocycles. The molecule has 0 spiro atoms. The summed E-state index contributed by atoms with van der Waals surface area (Å²) in [7, 11) is 0. The Kier molecular flexibility index (Phi) is 7.02. The second-order valence-corrected chi connectivity index (χ2v) is 9.58. The summed E-state index contributed by atoms with van der Waals surface area (Å²) < 4.78 is 2.12. The van der Waals surface area contributed by atoms with E-state index in [1.165, 1.54) is 22.3 Å². The normalized spacial score (nSPS) is 12.4. The summed E-state index contributed by atoms with van der Waals surface area (Å²) in [6.45, 7) is 12.9. The van der Waals surface area contributed by atoms with Crippen LogP contribution in [0.4, 0.5) is 0 Å². The van der Waals surface area contributed by atoms with E-state index >= 15 is 0 Å². The van der Waals surface area contributed by atoms with Crippen LogP contribution in [0.1, 0.15) is 80.9 Å². The van der Waals surface area contributed by atoms with E-state index in [1.807, 2.05) is 19.3 Å². The molecule has 4 rings (SSSR count). The van der Waals surface area contributed by atoms with Gasteiger partial charge in [-0.05, 0) is 60.1 Å². The molecule has 4 aromatic rings. The Labute approximate surface area is 203 Å². The van der Waals surface area contributed by atoms with E-state index in [1.54, 1.807) is 0 Å². The summed E-state index contributed by atoms with van der Waals surface area (Å²) in [5.74, 6) is 0.656. The van der Waals surface area contributed by atoms with Gasteiger partial charge in [-0.15, -0.1) is 0 Å². The minimum Gasteiger partial charge on any atom is -0.314 e. The molecule has 0 N–H and O–H groups in total. The van der Waals surface area contributed by atoms with Crippen LogP contribution < -0.4 is 0 Å². The number of pyridine rings is 1. The lowest BCUT2D eigenvalue weighted by Gasteiger charge is -2.13. The van der Waals surface area contributed by atoms with Crippen LogP contribution in [0, 0.1) is 5.92 Å². The zero-order valence-electron chi connectivity index (χ0n) is 21.4. The standard InChI is InChI=1S/C31H36N2O/c1-7-21(6)31(34)27-19-33(25-15-13-24(14-16-25)20(4)5)29-18-32-28(17-26(27)29)30-22(8-2)11-10-12-23(30)9-3/h10-21H,7-9H2,1-6H3. The van der Waals surface area contributed by atoms with Crippen molar-refractivity contribution in [2.24, 2.45) is 5.92 Å². The third-order valence-corrected chi connectivity index (χ3v) is 7.11. The molecule has 0 radical (unpaired) electrons. The number of Topliss-reactive ketones (excluding diaryl/α,β-unsaturated/α-hetero) is 1. The molecule has 0 saturated carbocycles. The molecular formula is C31H36N2O. The maximum Gasteiger partial charge on any atom is 0.167 e. The van der Waals surface area contributed by atoms with Crippen LogP contribution in [-0.4, -0.2) is 15.3 Å². The minimum atomic E-state index is -0.0203. The van der Waals surface area contributed by atoms with Crippen molar-refractivity contribution in [1.29, 1.82) is 0 Å². The van der Waals surface area contributed by atoms with Gasteiger partial charge in [-0.2, -0.15) is 0 Å². The molecule has 1 unspecified atom stereocenters. The number of benzene rings is 2. The first-order valence-electron chi connectivity index (χ1n) is 12.7. The quantitative estimate of drug-likeness (QED) is 0.253. The highest BCUT2D eigenvalue weighted by Crippen LogP contribution is 2.33. The fourth-order valence-electron chi connectivity index (χ4n) is 4.71. The van der Waals surface area contributed by atoms with Gasteiger partial charge < -0.3 is 4.57 Å².